The van der Waals surface area contributed by atoms with Gasteiger partial charge < -0.3 is 14.7 Å². The van der Waals surface area contributed by atoms with Crippen molar-refractivity contribution in [2.45, 2.75) is 13.0 Å². The average Bonchev–Trinajstić information content (AvgIpc) is 2.60. The van der Waals surface area contributed by atoms with Gasteiger partial charge in [0, 0.05) is 31.0 Å². The second-order valence-electron chi connectivity index (χ2n) is 5.34. The van der Waals surface area contributed by atoms with Gasteiger partial charge in [0.1, 0.15) is 5.75 Å². The smallest absolute Gasteiger partial charge is 0.337 e. The topological polar surface area (TPSA) is 79.7 Å². The summed E-state index contributed by atoms with van der Waals surface area (Å²) in [7, 11) is 1.57. The van der Waals surface area contributed by atoms with Crippen molar-refractivity contribution in [3.05, 3.63) is 58.9 Å². The van der Waals surface area contributed by atoms with Gasteiger partial charge in [-0.25, -0.2) is 4.79 Å². The summed E-state index contributed by atoms with van der Waals surface area (Å²) in [6.45, 7) is 0.858. The van der Waals surface area contributed by atoms with Crippen molar-refractivity contribution in [3.63, 3.8) is 0 Å². The zero-order chi connectivity index (χ0) is 16.4. The van der Waals surface area contributed by atoms with E-state index in [1.165, 1.54) is 6.20 Å². The van der Waals surface area contributed by atoms with Gasteiger partial charge in [-0.05, 0) is 41.8 Å². The summed E-state index contributed by atoms with van der Waals surface area (Å²) in [6, 6.07) is 6.94. The highest BCUT2D eigenvalue weighted by Crippen LogP contribution is 2.23. The summed E-state index contributed by atoms with van der Waals surface area (Å²) in [6.07, 6.45) is 3.51. The number of methoxy groups -OCH3 is 1. The van der Waals surface area contributed by atoms with E-state index in [9.17, 15) is 14.7 Å². The number of hydrogen-bond donors (Lipinski definition) is 1. The highest BCUT2D eigenvalue weighted by molar-refractivity contribution is 5.95. The fourth-order valence-corrected chi connectivity index (χ4v) is 2.77. The Bertz CT molecular complexity index is 756. The number of carbonyl (C=O) groups is 2. The number of pyridine rings is 1. The number of fused-ring (bicyclic) bond motifs is 1. The molecule has 3 rings (SSSR count). The van der Waals surface area contributed by atoms with E-state index in [0.29, 0.717) is 30.8 Å². The molecule has 0 fully saturated rings. The van der Waals surface area contributed by atoms with Crippen LogP contribution in [0.5, 0.6) is 5.75 Å². The van der Waals surface area contributed by atoms with E-state index in [1.807, 2.05) is 0 Å². The molecule has 0 aliphatic carbocycles. The normalized spacial score (nSPS) is 13.3. The summed E-state index contributed by atoms with van der Waals surface area (Å²) in [5.41, 5.74) is 2.36. The van der Waals surface area contributed by atoms with Gasteiger partial charge in [0.2, 0.25) is 0 Å². The van der Waals surface area contributed by atoms with Gasteiger partial charge in [0.15, 0.2) is 0 Å². The zero-order valence-corrected chi connectivity index (χ0v) is 12.7. The molecule has 23 heavy (non-hydrogen) atoms. The Morgan fingerprint density at radius 2 is 1.96 bits per heavy atom. The lowest BCUT2D eigenvalue weighted by Gasteiger charge is -2.29. The number of carbonyl (C=O) groups excluding carboxylic acids is 1. The molecule has 118 valence electrons. The molecule has 1 aliphatic heterocycles. The van der Waals surface area contributed by atoms with E-state index < -0.39 is 5.97 Å². The lowest BCUT2D eigenvalue weighted by atomic mass is 9.96. The molecule has 1 amide bonds. The predicted molar refractivity (Wildman–Crippen MR) is 82.6 cm³/mol. The fraction of sp³-hybridized carbons (Fsp3) is 0.235. The minimum Gasteiger partial charge on any atom is -0.497 e. The molecule has 1 aromatic carbocycles. The molecule has 0 bridgehead atoms. The lowest BCUT2D eigenvalue weighted by molar-refractivity contribution is 0.0693. The number of carboxylic acid groups (broad SMARTS) is 1. The number of rotatable bonds is 3. The van der Waals surface area contributed by atoms with Crippen molar-refractivity contribution in [3.8, 4) is 5.75 Å². The second kappa shape index (κ2) is 6.08. The molecule has 1 aromatic heterocycles. The number of ether oxygens (including phenoxy) is 1. The Morgan fingerprint density at radius 1 is 1.22 bits per heavy atom. The third kappa shape index (κ3) is 2.88. The molecule has 6 heteroatoms. The molecule has 2 aromatic rings. The van der Waals surface area contributed by atoms with Crippen LogP contribution >= 0.6 is 0 Å². The summed E-state index contributed by atoms with van der Waals surface area (Å²) in [4.78, 5) is 29.5. The van der Waals surface area contributed by atoms with E-state index in [4.69, 9.17) is 4.74 Å². The zero-order valence-electron chi connectivity index (χ0n) is 12.7. The number of nitrogens with zero attached hydrogens (tertiary/aromatic N) is 2. The predicted octanol–water partition coefficient (Wildman–Crippen LogP) is 1.99. The van der Waals surface area contributed by atoms with E-state index in [2.05, 4.69) is 4.98 Å². The van der Waals surface area contributed by atoms with Crippen LogP contribution in [0.15, 0.2) is 36.7 Å². The first-order valence-corrected chi connectivity index (χ1v) is 7.22. The van der Waals surface area contributed by atoms with Crippen LogP contribution in [-0.4, -0.2) is 40.5 Å². The molecule has 0 atom stereocenters. The molecule has 1 N–H and O–H groups in total. The number of carboxylic acids is 1. The Hall–Kier alpha value is -2.89. The molecule has 0 saturated heterocycles. The number of hydrogen-bond acceptors (Lipinski definition) is 4. The molecule has 1 aliphatic rings. The van der Waals surface area contributed by atoms with Gasteiger partial charge in [-0.2, -0.15) is 0 Å². The van der Waals surface area contributed by atoms with Crippen molar-refractivity contribution in [2.75, 3.05) is 13.7 Å². The first-order valence-electron chi connectivity index (χ1n) is 7.22. The molecule has 0 radical (unpaired) electrons. The lowest BCUT2D eigenvalue weighted by Crippen LogP contribution is -2.36. The van der Waals surface area contributed by atoms with Crippen LogP contribution in [0.2, 0.25) is 0 Å². The van der Waals surface area contributed by atoms with E-state index in [-0.39, 0.29) is 11.5 Å². The summed E-state index contributed by atoms with van der Waals surface area (Å²) < 4.78 is 5.09. The summed E-state index contributed by atoms with van der Waals surface area (Å²) in [5, 5.41) is 9.21. The Morgan fingerprint density at radius 3 is 2.61 bits per heavy atom. The van der Waals surface area contributed by atoms with E-state index in [0.717, 1.165) is 11.1 Å². The van der Waals surface area contributed by atoms with E-state index in [1.54, 1.807) is 42.5 Å². The van der Waals surface area contributed by atoms with Gasteiger partial charge in [-0.3, -0.25) is 9.78 Å². The van der Waals surface area contributed by atoms with Crippen molar-refractivity contribution < 1.29 is 19.4 Å². The van der Waals surface area contributed by atoms with Gasteiger partial charge in [-0.1, -0.05) is 0 Å². The van der Waals surface area contributed by atoms with Gasteiger partial charge in [0.25, 0.3) is 5.91 Å². The van der Waals surface area contributed by atoms with Crippen molar-refractivity contribution in [1.82, 2.24) is 9.88 Å². The molecule has 0 saturated carbocycles. The number of aromatic nitrogens is 1. The van der Waals surface area contributed by atoms with Gasteiger partial charge in [0.05, 0.1) is 12.7 Å². The maximum atomic E-state index is 12.6. The minimum absolute atomic E-state index is 0.0842. The van der Waals surface area contributed by atoms with Crippen LogP contribution in [0.25, 0.3) is 0 Å². The number of aromatic carboxylic acids is 1. The first-order chi connectivity index (χ1) is 11.1. The number of benzene rings is 1. The molecule has 0 unspecified atom stereocenters. The standard InChI is InChI=1S/C17H16N2O4/c1-23-13-4-2-11(3-5-13)16(20)19-7-6-14-12(10-19)8-18-9-15(14)17(21)22/h2-5,8-9H,6-7,10H2,1H3,(H,21,22). The second-order valence-corrected chi connectivity index (χ2v) is 5.34. The molecular weight excluding hydrogens is 296 g/mol. The van der Waals surface area contributed by atoms with Gasteiger partial charge >= 0.3 is 5.97 Å². The quantitative estimate of drug-likeness (QED) is 0.937. The first kappa shape index (κ1) is 15.0. The Balaban J connectivity index is 1.82. The minimum atomic E-state index is -0.982. The fourth-order valence-electron chi connectivity index (χ4n) is 2.77. The Kier molecular flexibility index (Phi) is 3.97. The van der Waals surface area contributed by atoms with Crippen LogP contribution in [0.1, 0.15) is 31.8 Å². The van der Waals surface area contributed by atoms with Crippen molar-refractivity contribution >= 4 is 11.9 Å². The molecule has 2 heterocycles. The van der Waals surface area contributed by atoms with Crippen LogP contribution in [0.3, 0.4) is 0 Å². The molecule has 0 spiro atoms. The summed E-state index contributed by atoms with van der Waals surface area (Å²) >= 11 is 0. The van der Waals surface area contributed by atoms with Crippen LogP contribution in [0, 0.1) is 0 Å². The molecule has 6 nitrogen and oxygen atoms in total. The highest BCUT2D eigenvalue weighted by atomic mass is 16.5. The average molecular weight is 312 g/mol. The third-order valence-electron chi connectivity index (χ3n) is 3.99. The van der Waals surface area contributed by atoms with Crippen LogP contribution in [-0.2, 0) is 13.0 Å². The van der Waals surface area contributed by atoms with Crippen molar-refractivity contribution in [2.24, 2.45) is 0 Å². The third-order valence-corrected chi connectivity index (χ3v) is 3.99. The maximum Gasteiger partial charge on any atom is 0.337 e. The van der Waals surface area contributed by atoms with Crippen LogP contribution in [0.4, 0.5) is 0 Å². The van der Waals surface area contributed by atoms with Crippen molar-refractivity contribution in [1.29, 1.82) is 0 Å². The SMILES string of the molecule is COc1ccc(C(=O)N2CCc3c(cncc3C(=O)O)C2)cc1. The van der Waals surface area contributed by atoms with Crippen LogP contribution < -0.4 is 4.74 Å². The summed E-state index contributed by atoms with van der Waals surface area (Å²) in [5.74, 6) is -0.371. The van der Waals surface area contributed by atoms with E-state index >= 15 is 0 Å². The molecular formula is C17H16N2O4. The number of amides is 1. The Labute approximate surface area is 133 Å². The largest absolute Gasteiger partial charge is 0.497 e. The maximum absolute atomic E-state index is 12.6. The monoisotopic (exact) mass is 312 g/mol. The highest BCUT2D eigenvalue weighted by Gasteiger charge is 2.25. The van der Waals surface area contributed by atoms with Gasteiger partial charge in [-0.15, -0.1) is 0 Å².